The topological polar surface area (TPSA) is 83.9 Å². The van der Waals surface area contributed by atoms with Crippen LogP contribution in [0, 0.1) is 0 Å². The predicted molar refractivity (Wildman–Crippen MR) is 80.3 cm³/mol. The van der Waals surface area contributed by atoms with Crippen molar-refractivity contribution in [2.75, 3.05) is 13.7 Å². The van der Waals surface area contributed by atoms with Gasteiger partial charge in [0.25, 0.3) is 0 Å². The number of ether oxygens (including phenoxy) is 1. The predicted octanol–water partition coefficient (Wildman–Crippen LogP) is 2.35. The SMILES string of the molecule is COc1cc(Br)c(S(=O)(=O)N2CCC[C@H]2C(=O)O)cc1Cl. The van der Waals surface area contributed by atoms with E-state index in [-0.39, 0.29) is 20.9 Å². The molecular weight excluding hydrogens is 386 g/mol. The van der Waals surface area contributed by atoms with Crippen LogP contribution in [0.5, 0.6) is 5.75 Å². The van der Waals surface area contributed by atoms with Gasteiger partial charge in [-0.1, -0.05) is 11.6 Å². The summed E-state index contributed by atoms with van der Waals surface area (Å²) in [5.41, 5.74) is 0. The van der Waals surface area contributed by atoms with Crippen LogP contribution in [0.4, 0.5) is 0 Å². The van der Waals surface area contributed by atoms with E-state index in [0.717, 1.165) is 4.31 Å². The summed E-state index contributed by atoms with van der Waals surface area (Å²) in [6, 6.07) is 1.67. The number of hydrogen-bond acceptors (Lipinski definition) is 4. The smallest absolute Gasteiger partial charge is 0.322 e. The summed E-state index contributed by atoms with van der Waals surface area (Å²) in [7, 11) is -2.53. The highest BCUT2D eigenvalue weighted by Gasteiger charge is 2.40. The van der Waals surface area contributed by atoms with Crippen LogP contribution in [-0.4, -0.2) is 43.5 Å². The second kappa shape index (κ2) is 6.12. The maximum absolute atomic E-state index is 12.7. The Bertz CT molecular complexity index is 678. The summed E-state index contributed by atoms with van der Waals surface area (Å²) < 4.78 is 31.6. The van der Waals surface area contributed by atoms with Gasteiger partial charge in [-0.05, 0) is 40.9 Å². The van der Waals surface area contributed by atoms with E-state index in [1.807, 2.05) is 0 Å². The summed E-state index contributed by atoms with van der Waals surface area (Å²) >= 11 is 9.14. The van der Waals surface area contributed by atoms with E-state index in [1.54, 1.807) is 0 Å². The van der Waals surface area contributed by atoms with Crippen molar-refractivity contribution >= 4 is 43.5 Å². The highest BCUT2D eigenvalue weighted by atomic mass is 79.9. The number of carboxylic acid groups (broad SMARTS) is 1. The van der Waals surface area contributed by atoms with E-state index in [2.05, 4.69) is 15.9 Å². The summed E-state index contributed by atoms with van der Waals surface area (Å²) in [6.45, 7) is 0.176. The zero-order chi connectivity index (χ0) is 15.8. The van der Waals surface area contributed by atoms with Crippen LogP contribution in [0.2, 0.25) is 5.02 Å². The third-order valence-electron chi connectivity index (χ3n) is 3.28. The molecule has 0 amide bonds. The lowest BCUT2D eigenvalue weighted by Crippen LogP contribution is -2.40. The Kier molecular flexibility index (Phi) is 4.82. The van der Waals surface area contributed by atoms with Crippen LogP contribution < -0.4 is 4.74 Å². The van der Waals surface area contributed by atoms with Crippen LogP contribution >= 0.6 is 27.5 Å². The molecule has 9 heteroatoms. The van der Waals surface area contributed by atoms with E-state index in [1.165, 1.54) is 19.2 Å². The number of sulfonamides is 1. The quantitative estimate of drug-likeness (QED) is 0.841. The Hall–Kier alpha value is -0.830. The van der Waals surface area contributed by atoms with Gasteiger partial charge in [0.2, 0.25) is 10.0 Å². The fourth-order valence-electron chi connectivity index (χ4n) is 2.27. The molecule has 1 heterocycles. The van der Waals surface area contributed by atoms with Crippen molar-refractivity contribution < 1.29 is 23.1 Å². The first-order valence-electron chi connectivity index (χ1n) is 6.06. The molecule has 116 valence electrons. The number of carbonyl (C=O) groups is 1. The third-order valence-corrected chi connectivity index (χ3v) is 6.44. The van der Waals surface area contributed by atoms with Gasteiger partial charge in [0.15, 0.2) is 0 Å². The van der Waals surface area contributed by atoms with Crippen molar-refractivity contribution in [1.82, 2.24) is 4.31 Å². The molecule has 0 radical (unpaired) electrons. The summed E-state index contributed by atoms with van der Waals surface area (Å²) in [5, 5.41) is 9.28. The third kappa shape index (κ3) is 3.03. The van der Waals surface area contributed by atoms with Gasteiger partial charge in [-0.25, -0.2) is 8.42 Å². The largest absolute Gasteiger partial charge is 0.495 e. The number of carboxylic acids is 1. The van der Waals surface area contributed by atoms with E-state index >= 15 is 0 Å². The number of halogens is 2. The van der Waals surface area contributed by atoms with Crippen molar-refractivity contribution in [3.05, 3.63) is 21.6 Å². The molecular formula is C12H13BrClNO5S. The second-order valence-electron chi connectivity index (χ2n) is 4.53. The van der Waals surface area contributed by atoms with E-state index in [9.17, 15) is 13.2 Å². The number of rotatable bonds is 4. The van der Waals surface area contributed by atoms with Gasteiger partial charge in [0.05, 0.1) is 17.0 Å². The van der Waals surface area contributed by atoms with Crippen LogP contribution in [0.3, 0.4) is 0 Å². The molecule has 0 bridgehead atoms. The summed E-state index contributed by atoms with van der Waals surface area (Å²) in [6.07, 6.45) is 0.813. The minimum Gasteiger partial charge on any atom is -0.495 e. The lowest BCUT2D eigenvalue weighted by molar-refractivity contribution is -0.140. The van der Waals surface area contributed by atoms with Crippen LogP contribution in [0.15, 0.2) is 21.5 Å². The van der Waals surface area contributed by atoms with Crippen molar-refractivity contribution in [2.45, 2.75) is 23.8 Å². The van der Waals surface area contributed by atoms with Gasteiger partial charge in [-0.2, -0.15) is 4.31 Å². The summed E-state index contributed by atoms with van der Waals surface area (Å²) in [4.78, 5) is 11.1. The van der Waals surface area contributed by atoms with Gasteiger partial charge in [0, 0.05) is 11.0 Å². The van der Waals surface area contributed by atoms with Gasteiger partial charge >= 0.3 is 5.97 Å². The molecule has 1 aliphatic heterocycles. The van der Waals surface area contributed by atoms with Crippen molar-refractivity contribution in [2.24, 2.45) is 0 Å². The molecule has 1 aliphatic rings. The standard InChI is InChI=1S/C12H13BrClNO5S/c1-20-10-5-7(13)11(6-8(10)14)21(18,19)15-4-2-3-9(15)12(16)17/h5-6,9H,2-4H2,1H3,(H,16,17)/t9-/m0/s1. The molecule has 6 nitrogen and oxygen atoms in total. The molecule has 0 aromatic heterocycles. The normalized spacial score (nSPS) is 19.7. The molecule has 0 saturated carbocycles. The Morgan fingerprint density at radius 2 is 2.19 bits per heavy atom. The first-order valence-corrected chi connectivity index (χ1v) is 8.68. The molecule has 2 rings (SSSR count). The average Bonchev–Trinajstić information content (AvgIpc) is 2.91. The number of nitrogens with zero attached hydrogens (tertiary/aromatic N) is 1. The number of aliphatic carboxylic acids is 1. The minimum atomic E-state index is -3.95. The molecule has 1 saturated heterocycles. The molecule has 0 spiro atoms. The Labute approximate surface area is 135 Å². The van der Waals surface area contributed by atoms with E-state index in [0.29, 0.717) is 18.6 Å². The van der Waals surface area contributed by atoms with Crippen molar-refractivity contribution in [3.63, 3.8) is 0 Å². The fraction of sp³-hybridized carbons (Fsp3) is 0.417. The Balaban J connectivity index is 2.49. The maximum atomic E-state index is 12.7. The van der Waals surface area contributed by atoms with E-state index < -0.39 is 22.0 Å². The first kappa shape index (κ1) is 16.5. The summed E-state index contributed by atoms with van der Waals surface area (Å²) in [5.74, 6) is -0.814. The Morgan fingerprint density at radius 3 is 2.76 bits per heavy atom. The molecule has 1 fully saturated rings. The molecule has 21 heavy (non-hydrogen) atoms. The first-order chi connectivity index (χ1) is 9.78. The van der Waals surface area contributed by atoms with Gasteiger partial charge < -0.3 is 9.84 Å². The zero-order valence-corrected chi connectivity index (χ0v) is 14.2. The van der Waals surface area contributed by atoms with Gasteiger partial charge in [-0.15, -0.1) is 0 Å². The molecule has 1 N–H and O–H groups in total. The highest BCUT2D eigenvalue weighted by molar-refractivity contribution is 9.10. The Morgan fingerprint density at radius 1 is 1.52 bits per heavy atom. The lowest BCUT2D eigenvalue weighted by atomic mass is 10.2. The zero-order valence-electron chi connectivity index (χ0n) is 11.0. The number of hydrogen-bond donors (Lipinski definition) is 1. The molecule has 1 aromatic carbocycles. The highest BCUT2D eigenvalue weighted by Crippen LogP contribution is 2.36. The van der Waals surface area contributed by atoms with Gasteiger partial charge in [0.1, 0.15) is 11.8 Å². The monoisotopic (exact) mass is 397 g/mol. The van der Waals surface area contributed by atoms with Crippen molar-refractivity contribution in [1.29, 1.82) is 0 Å². The number of methoxy groups -OCH3 is 1. The second-order valence-corrected chi connectivity index (χ2v) is 7.65. The average molecular weight is 399 g/mol. The van der Waals surface area contributed by atoms with Crippen molar-refractivity contribution in [3.8, 4) is 5.75 Å². The van der Waals surface area contributed by atoms with Crippen LogP contribution in [-0.2, 0) is 14.8 Å². The molecule has 1 atom stereocenters. The lowest BCUT2D eigenvalue weighted by Gasteiger charge is -2.22. The maximum Gasteiger partial charge on any atom is 0.322 e. The van der Waals surface area contributed by atoms with Crippen LogP contribution in [0.25, 0.3) is 0 Å². The minimum absolute atomic E-state index is 0.0681. The molecule has 0 aliphatic carbocycles. The van der Waals surface area contributed by atoms with Gasteiger partial charge in [-0.3, -0.25) is 4.79 Å². The molecule has 1 aromatic rings. The van der Waals surface area contributed by atoms with E-state index in [4.69, 9.17) is 21.4 Å². The number of benzene rings is 1. The van der Waals surface area contributed by atoms with Crippen LogP contribution in [0.1, 0.15) is 12.8 Å². The molecule has 0 unspecified atom stereocenters. The fourth-order valence-corrected chi connectivity index (χ4v) is 5.23.